The molecule has 1 aliphatic heterocycles. The molecular weight excluding hydrogens is 455 g/mol. The summed E-state index contributed by atoms with van der Waals surface area (Å²) in [7, 11) is -0.645. The third-order valence-electron chi connectivity index (χ3n) is 7.79. The molecule has 0 unspecified atom stereocenters. The van der Waals surface area contributed by atoms with E-state index >= 15 is 0 Å². The zero-order valence-electron chi connectivity index (χ0n) is 22.6. The maximum atomic E-state index is 11.7. The highest BCUT2D eigenvalue weighted by atomic mass is 16.7. The Morgan fingerprint density at radius 3 is 1.54 bits per heavy atom. The summed E-state index contributed by atoms with van der Waals surface area (Å²) in [5.41, 5.74) is 7.02. The molecule has 1 aliphatic rings. The van der Waals surface area contributed by atoms with Crippen molar-refractivity contribution in [3.8, 4) is 39.1 Å². The molecule has 37 heavy (non-hydrogen) atoms. The summed E-state index contributed by atoms with van der Waals surface area (Å²) in [5.74, 6) is 0.471. The number of aromatic hydroxyl groups is 1. The van der Waals surface area contributed by atoms with Gasteiger partial charge in [-0.25, -0.2) is 0 Å². The van der Waals surface area contributed by atoms with Gasteiger partial charge in [-0.1, -0.05) is 80.6 Å². The Kier molecular flexibility index (Phi) is 6.51. The number of rotatable bonds is 5. The summed E-state index contributed by atoms with van der Waals surface area (Å²) in [6.45, 7) is 12.5. The van der Waals surface area contributed by atoms with Gasteiger partial charge < -0.3 is 14.4 Å². The Morgan fingerprint density at radius 2 is 1.08 bits per heavy atom. The fourth-order valence-electron chi connectivity index (χ4n) is 4.76. The van der Waals surface area contributed by atoms with E-state index in [2.05, 4.69) is 86.6 Å². The molecule has 1 saturated heterocycles. The zero-order valence-corrected chi connectivity index (χ0v) is 22.6. The van der Waals surface area contributed by atoms with Crippen LogP contribution in [0.5, 0.6) is 5.75 Å². The molecule has 1 fully saturated rings. The first kappa shape index (κ1) is 25.3. The second-order valence-electron chi connectivity index (χ2n) is 11.3. The second kappa shape index (κ2) is 9.52. The summed E-state index contributed by atoms with van der Waals surface area (Å²) in [6, 6.07) is 31.4. The molecule has 0 amide bonds. The summed E-state index contributed by atoms with van der Waals surface area (Å²) in [4.78, 5) is 0. The van der Waals surface area contributed by atoms with Crippen molar-refractivity contribution in [2.75, 3.05) is 0 Å². The van der Waals surface area contributed by atoms with Crippen molar-refractivity contribution in [3.63, 3.8) is 0 Å². The highest BCUT2D eigenvalue weighted by molar-refractivity contribution is 6.63. The molecule has 0 radical (unpaired) electrons. The third-order valence-corrected chi connectivity index (χ3v) is 7.79. The van der Waals surface area contributed by atoms with Gasteiger partial charge in [-0.2, -0.15) is 0 Å². The molecule has 3 nitrogen and oxygen atoms in total. The molecule has 0 spiro atoms. The van der Waals surface area contributed by atoms with Crippen LogP contribution in [0, 0.1) is 0 Å². The van der Waals surface area contributed by atoms with E-state index in [1.165, 1.54) is 0 Å². The predicted molar refractivity (Wildman–Crippen MR) is 154 cm³/mol. The van der Waals surface area contributed by atoms with Gasteiger partial charge in [0.15, 0.2) is 0 Å². The van der Waals surface area contributed by atoms with E-state index in [-0.39, 0.29) is 11.7 Å². The first-order valence-electron chi connectivity index (χ1n) is 13.0. The molecule has 0 saturated carbocycles. The van der Waals surface area contributed by atoms with Crippen molar-refractivity contribution in [1.82, 2.24) is 0 Å². The van der Waals surface area contributed by atoms with Crippen LogP contribution in [0.2, 0.25) is 0 Å². The highest BCUT2D eigenvalue weighted by Crippen LogP contribution is 2.41. The number of hydrogen-bond donors (Lipinski definition) is 1. The molecule has 0 atom stereocenters. The lowest BCUT2D eigenvalue weighted by Crippen LogP contribution is -2.41. The lowest BCUT2D eigenvalue weighted by Gasteiger charge is -2.32. The molecule has 1 heterocycles. The lowest BCUT2D eigenvalue weighted by atomic mass is 9.74. The Bertz CT molecular complexity index is 1330. The normalized spacial score (nSPS) is 16.4. The summed E-state index contributed by atoms with van der Waals surface area (Å²) < 4.78 is 12.7. The van der Waals surface area contributed by atoms with E-state index in [4.69, 9.17) is 9.31 Å². The minimum Gasteiger partial charge on any atom is -0.508 e. The van der Waals surface area contributed by atoms with Crippen molar-refractivity contribution in [2.45, 2.75) is 58.7 Å². The zero-order chi connectivity index (χ0) is 26.4. The van der Waals surface area contributed by atoms with Crippen LogP contribution >= 0.6 is 0 Å². The number of phenols is 1. The van der Waals surface area contributed by atoms with Gasteiger partial charge in [-0.15, -0.1) is 0 Å². The topological polar surface area (TPSA) is 38.7 Å². The predicted octanol–water partition coefficient (Wildman–Crippen LogP) is 7.82. The summed E-state index contributed by atoms with van der Waals surface area (Å²) in [5, 5.41) is 11.7. The van der Waals surface area contributed by atoms with Crippen LogP contribution in [-0.2, 0) is 9.31 Å². The average molecular weight is 490 g/mol. The molecule has 0 bridgehead atoms. The fraction of sp³-hybridized carbons (Fsp3) is 0.273. The maximum absolute atomic E-state index is 11.7. The summed E-state index contributed by atoms with van der Waals surface area (Å²) in [6.07, 6.45) is 0. The van der Waals surface area contributed by atoms with Crippen LogP contribution in [-0.4, -0.2) is 23.4 Å². The quantitative estimate of drug-likeness (QED) is 0.290. The van der Waals surface area contributed by atoms with E-state index in [0.717, 1.165) is 38.9 Å². The largest absolute Gasteiger partial charge is 0.508 e. The Morgan fingerprint density at radius 1 is 0.622 bits per heavy atom. The Labute approximate surface area is 221 Å². The van der Waals surface area contributed by atoms with Crippen molar-refractivity contribution in [3.05, 3.63) is 96.6 Å². The SMILES string of the molecule is CC(C)c1cc(B2OC(C)(C)C(C)(C)O2)c(O)c(-c2cc(-c3ccccc3)cc(-c3ccccc3)c2)c1. The number of benzene rings is 4. The second-order valence-corrected chi connectivity index (χ2v) is 11.3. The minimum atomic E-state index is -0.645. The van der Waals surface area contributed by atoms with E-state index in [1.54, 1.807) is 0 Å². The average Bonchev–Trinajstić information content (AvgIpc) is 3.11. The van der Waals surface area contributed by atoms with Gasteiger partial charge in [0, 0.05) is 11.0 Å². The lowest BCUT2D eigenvalue weighted by molar-refractivity contribution is 0.00578. The molecule has 4 aromatic rings. The van der Waals surface area contributed by atoms with E-state index in [0.29, 0.717) is 5.46 Å². The highest BCUT2D eigenvalue weighted by Gasteiger charge is 2.52. The van der Waals surface area contributed by atoms with Crippen LogP contribution in [0.25, 0.3) is 33.4 Å². The Balaban J connectivity index is 1.71. The molecule has 0 aromatic heterocycles. The molecular formula is C33H35BO3. The van der Waals surface area contributed by atoms with E-state index in [1.807, 2.05) is 45.9 Å². The third kappa shape index (κ3) is 4.84. The van der Waals surface area contributed by atoms with Crippen LogP contribution in [0.15, 0.2) is 91.0 Å². The first-order chi connectivity index (χ1) is 17.6. The van der Waals surface area contributed by atoms with Gasteiger partial charge in [-0.05, 0) is 91.3 Å². The fourth-order valence-corrected chi connectivity index (χ4v) is 4.76. The molecule has 5 rings (SSSR count). The van der Waals surface area contributed by atoms with Gasteiger partial charge >= 0.3 is 7.12 Å². The maximum Gasteiger partial charge on any atom is 0.498 e. The van der Waals surface area contributed by atoms with Crippen molar-refractivity contribution in [2.24, 2.45) is 0 Å². The van der Waals surface area contributed by atoms with Gasteiger partial charge in [0.25, 0.3) is 0 Å². The van der Waals surface area contributed by atoms with Gasteiger partial charge in [0.05, 0.1) is 11.2 Å². The van der Waals surface area contributed by atoms with Crippen LogP contribution in [0.3, 0.4) is 0 Å². The standard InChI is InChI=1S/C33H35BO3/c1-22(2)25-20-29(31(35)30(21-25)34-36-32(3,4)33(5,6)37-34)28-18-26(23-13-9-7-10-14-23)17-27(19-28)24-15-11-8-12-16-24/h7-22,35H,1-6H3. The molecule has 1 N–H and O–H groups in total. The molecule has 0 aliphatic carbocycles. The number of phenolic OH excluding ortho intramolecular Hbond substituents is 1. The van der Waals surface area contributed by atoms with Crippen molar-refractivity contribution in [1.29, 1.82) is 0 Å². The van der Waals surface area contributed by atoms with E-state index < -0.39 is 18.3 Å². The van der Waals surface area contributed by atoms with Crippen LogP contribution < -0.4 is 5.46 Å². The van der Waals surface area contributed by atoms with Crippen molar-refractivity contribution < 1.29 is 14.4 Å². The molecule has 4 heteroatoms. The Hall–Kier alpha value is -3.34. The molecule has 188 valence electrons. The smallest absolute Gasteiger partial charge is 0.498 e. The first-order valence-corrected chi connectivity index (χ1v) is 13.0. The monoisotopic (exact) mass is 490 g/mol. The van der Waals surface area contributed by atoms with E-state index in [9.17, 15) is 5.11 Å². The van der Waals surface area contributed by atoms with Crippen molar-refractivity contribution >= 4 is 12.6 Å². The van der Waals surface area contributed by atoms with Crippen LogP contribution in [0.1, 0.15) is 53.0 Å². The summed E-state index contributed by atoms with van der Waals surface area (Å²) >= 11 is 0. The van der Waals surface area contributed by atoms with Gasteiger partial charge in [0.2, 0.25) is 0 Å². The van der Waals surface area contributed by atoms with Gasteiger partial charge in [-0.3, -0.25) is 0 Å². The van der Waals surface area contributed by atoms with Gasteiger partial charge in [0.1, 0.15) is 5.75 Å². The molecule has 4 aromatic carbocycles. The number of hydrogen-bond acceptors (Lipinski definition) is 3. The minimum absolute atomic E-state index is 0.201. The van der Waals surface area contributed by atoms with Crippen LogP contribution in [0.4, 0.5) is 0 Å².